The van der Waals surface area contributed by atoms with E-state index >= 15 is 0 Å². The molecule has 21 heavy (non-hydrogen) atoms. The van der Waals surface area contributed by atoms with Gasteiger partial charge in [-0.3, -0.25) is 4.57 Å². The van der Waals surface area contributed by atoms with Gasteiger partial charge in [-0.1, -0.05) is 12.1 Å². The van der Waals surface area contributed by atoms with Gasteiger partial charge in [0, 0.05) is 18.4 Å². The Labute approximate surface area is 126 Å². The van der Waals surface area contributed by atoms with E-state index in [0.29, 0.717) is 17.8 Å². The SMILES string of the molecule is COc1cccc(-n2c(CCCl)nc3c(F)cccc32)c1. The summed E-state index contributed by atoms with van der Waals surface area (Å²) in [6, 6.07) is 12.5. The molecule has 0 unspecified atom stereocenters. The first-order valence-corrected chi connectivity index (χ1v) is 7.14. The van der Waals surface area contributed by atoms with Gasteiger partial charge in [-0.15, -0.1) is 11.6 Å². The molecule has 0 bridgehead atoms. The number of rotatable bonds is 4. The second-order valence-electron chi connectivity index (χ2n) is 4.61. The smallest absolute Gasteiger partial charge is 0.151 e. The molecular weight excluding hydrogens is 291 g/mol. The molecular formula is C16H14ClFN2O. The summed E-state index contributed by atoms with van der Waals surface area (Å²) in [5, 5.41) is 0. The maximum absolute atomic E-state index is 13.9. The lowest BCUT2D eigenvalue weighted by Crippen LogP contribution is -2.02. The first kappa shape index (κ1) is 13.9. The zero-order chi connectivity index (χ0) is 14.8. The van der Waals surface area contributed by atoms with Crippen molar-refractivity contribution in [1.29, 1.82) is 0 Å². The van der Waals surface area contributed by atoms with Gasteiger partial charge >= 0.3 is 0 Å². The third-order valence-electron chi connectivity index (χ3n) is 3.33. The van der Waals surface area contributed by atoms with Crippen molar-refractivity contribution in [2.75, 3.05) is 13.0 Å². The minimum Gasteiger partial charge on any atom is -0.497 e. The molecule has 0 N–H and O–H groups in total. The number of nitrogens with zero attached hydrogens (tertiary/aromatic N) is 2. The van der Waals surface area contributed by atoms with E-state index in [9.17, 15) is 4.39 Å². The third kappa shape index (κ3) is 2.47. The highest BCUT2D eigenvalue weighted by atomic mass is 35.5. The number of ether oxygens (including phenoxy) is 1. The van der Waals surface area contributed by atoms with Crippen molar-refractivity contribution in [3.63, 3.8) is 0 Å². The molecule has 2 aromatic carbocycles. The fourth-order valence-corrected chi connectivity index (χ4v) is 2.57. The van der Waals surface area contributed by atoms with Crippen molar-refractivity contribution < 1.29 is 9.13 Å². The van der Waals surface area contributed by atoms with Crippen LogP contribution >= 0.6 is 11.6 Å². The lowest BCUT2D eigenvalue weighted by atomic mass is 10.2. The zero-order valence-electron chi connectivity index (χ0n) is 11.5. The monoisotopic (exact) mass is 304 g/mol. The highest BCUT2D eigenvalue weighted by Gasteiger charge is 2.15. The molecule has 0 saturated carbocycles. The molecule has 0 fully saturated rings. The fourth-order valence-electron chi connectivity index (χ4n) is 2.40. The Morgan fingerprint density at radius 2 is 2.05 bits per heavy atom. The highest BCUT2D eigenvalue weighted by molar-refractivity contribution is 6.17. The number of methoxy groups -OCH3 is 1. The standard InChI is InChI=1S/C16H14ClFN2O/c1-21-12-5-2-4-11(10-12)20-14-7-3-6-13(18)16(14)19-15(20)8-9-17/h2-7,10H,8-9H2,1H3. The van der Waals surface area contributed by atoms with Crippen LogP contribution in [-0.2, 0) is 6.42 Å². The van der Waals surface area contributed by atoms with Crippen LogP contribution in [0.4, 0.5) is 4.39 Å². The summed E-state index contributed by atoms with van der Waals surface area (Å²) in [6.07, 6.45) is 0.562. The summed E-state index contributed by atoms with van der Waals surface area (Å²) >= 11 is 5.85. The van der Waals surface area contributed by atoms with Gasteiger partial charge in [0.15, 0.2) is 5.82 Å². The summed E-state index contributed by atoms with van der Waals surface area (Å²) in [6.45, 7) is 0. The molecule has 3 nitrogen and oxygen atoms in total. The minimum absolute atomic E-state index is 0.329. The summed E-state index contributed by atoms with van der Waals surface area (Å²) in [5.41, 5.74) is 1.96. The van der Waals surface area contributed by atoms with Gasteiger partial charge in [0.1, 0.15) is 17.1 Å². The first-order valence-electron chi connectivity index (χ1n) is 6.61. The predicted octanol–water partition coefficient (Wildman–Crippen LogP) is 3.95. The molecule has 0 atom stereocenters. The van der Waals surface area contributed by atoms with Crippen LogP contribution in [0.2, 0.25) is 0 Å². The van der Waals surface area contributed by atoms with E-state index in [-0.39, 0.29) is 5.82 Å². The summed E-state index contributed by atoms with van der Waals surface area (Å²) in [7, 11) is 1.62. The van der Waals surface area contributed by atoms with Crippen molar-refractivity contribution >= 4 is 22.6 Å². The van der Waals surface area contributed by atoms with Crippen molar-refractivity contribution in [3.05, 3.63) is 54.1 Å². The van der Waals surface area contributed by atoms with Crippen LogP contribution in [0.5, 0.6) is 5.75 Å². The van der Waals surface area contributed by atoms with Crippen LogP contribution in [0.3, 0.4) is 0 Å². The number of aryl methyl sites for hydroxylation is 1. The summed E-state index contributed by atoms with van der Waals surface area (Å²) in [5.74, 6) is 1.57. The van der Waals surface area contributed by atoms with Crippen LogP contribution < -0.4 is 4.74 Å². The van der Waals surface area contributed by atoms with Crippen molar-refractivity contribution in [2.45, 2.75) is 6.42 Å². The zero-order valence-corrected chi connectivity index (χ0v) is 12.3. The number of para-hydroxylation sites is 1. The van der Waals surface area contributed by atoms with E-state index in [1.165, 1.54) is 6.07 Å². The number of halogens is 2. The molecule has 0 aliphatic carbocycles. The topological polar surface area (TPSA) is 27.1 Å². The average molecular weight is 305 g/mol. The van der Waals surface area contributed by atoms with E-state index in [1.54, 1.807) is 13.2 Å². The number of hydrogen-bond donors (Lipinski definition) is 0. The van der Waals surface area contributed by atoms with E-state index < -0.39 is 0 Å². The Morgan fingerprint density at radius 1 is 1.24 bits per heavy atom. The van der Waals surface area contributed by atoms with Crippen molar-refractivity contribution in [3.8, 4) is 11.4 Å². The van der Waals surface area contributed by atoms with Crippen LogP contribution in [0.15, 0.2) is 42.5 Å². The first-order chi connectivity index (χ1) is 10.2. The molecule has 0 aliphatic heterocycles. The van der Waals surface area contributed by atoms with Gasteiger partial charge in [0.2, 0.25) is 0 Å². The normalized spacial score (nSPS) is 11.0. The maximum Gasteiger partial charge on any atom is 0.151 e. The Morgan fingerprint density at radius 3 is 2.81 bits per heavy atom. The second-order valence-corrected chi connectivity index (χ2v) is 4.99. The molecule has 0 amide bonds. The van der Waals surface area contributed by atoms with Crippen molar-refractivity contribution in [1.82, 2.24) is 9.55 Å². The van der Waals surface area contributed by atoms with Crippen LogP contribution in [0.25, 0.3) is 16.7 Å². The van der Waals surface area contributed by atoms with Gasteiger partial charge in [0.25, 0.3) is 0 Å². The number of benzene rings is 2. The molecule has 108 valence electrons. The second kappa shape index (κ2) is 5.74. The number of alkyl halides is 1. The number of aromatic nitrogens is 2. The van der Waals surface area contributed by atoms with Gasteiger partial charge in [-0.2, -0.15) is 0 Å². The predicted molar refractivity (Wildman–Crippen MR) is 82.0 cm³/mol. The van der Waals surface area contributed by atoms with Crippen LogP contribution in [0.1, 0.15) is 5.82 Å². The molecule has 3 rings (SSSR count). The lowest BCUT2D eigenvalue weighted by molar-refractivity contribution is 0.414. The third-order valence-corrected chi connectivity index (χ3v) is 3.52. The molecule has 0 aliphatic rings. The Bertz CT molecular complexity index is 785. The minimum atomic E-state index is -0.329. The largest absolute Gasteiger partial charge is 0.497 e. The molecule has 0 spiro atoms. The Hall–Kier alpha value is -2.07. The molecule has 1 heterocycles. The Balaban J connectivity index is 2.28. The highest BCUT2D eigenvalue weighted by Crippen LogP contribution is 2.26. The number of hydrogen-bond acceptors (Lipinski definition) is 2. The van der Waals surface area contributed by atoms with Crippen molar-refractivity contribution in [2.24, 2.45) is 0 Å². The molecule has 1 aromatic heterocycles. The molecule has 5 heteroatoms. The van der Waals surface area contributed by atoms with Gasteiger partial charge in [-0.25, -0.2) is 9.37 Å². The van der Waals surface area contributed by atoms with E-state index in [1.807, 2.05) is 34.9 Å². The average Bonchev–Trinajstić information content (AvgIpc) is 2.87. The molecule has 3 aromatic rings. The molecule has 0 saturated heterocycles. The van der Waals surface area contributed by atoms with E-state index in [2.05, 4.69) is 4.98 Å². The van der Waals surface area contributed by atoms with E-state index in [4.69, 9.17) is 16.3 Å². The maximum atomic E-state index is 13.9. The summed E-state index contributed by atoms with van der Waals surface area (Å²) in [4.78, 5) is 4.40. The lowest BCUT2D eigenvalue weighted by Gasteiger charge is -2.10. The van der Waals surface area contributed by atoms with Gasteiger partial charge in [0.05, 0.1) is 18.3 Å². The quantitative estimate of drug-likeness (QED) is 0.682. The van der Waals surface area contributed by atoms with Crippen LogP contribution in [0, 0.1) is 5.82 Å². The summed E-state index contributed by atoms with van der Waals surface area (Å²) < 4.78 is 21.1. The van der Waals surface area contributed by atoms with E-state index in [0.717, 1.165) is 22.8 Å². The van der Waals surface area contributed by atoms with Gasteiger partial charge in [-0.05, 0) is 24.3 Å². The fraction of sp³-hybridized carbons (Fsp3) is 0.188. The van der Waals surface area contributed by atoms with Crippen LogP contribution in [-0.4, -0.2) is 22.5 Å². The number of fused-ring (bicyclic) bond motifs is 1. The Kier molecular flexibility index (Phi) is 3.80. The van der Waals surface area contributed by atoms with Gasteiger partial charge < -0.3 is 4.74 Å². The number of imidazole rings is 1. The molecule has 0 radical (unpaired) electrons.